The molecule has 0 bridgehead atoms. The summed E-state index contributed by atoms with van der Waals surface area (Å²) in [4.78, 5) is 11.8. The van der Waals surface area contributed by atoms with E-state index in [1.165, 1.54) is 12.1 Å². The molecule has 0 amide bonds. The number of morpholine rings is 1. The Labute approximate surface area is 93.6 Å². The predicted octanol–water partition coefficient (Wildman–Crippen LogP) is 0.926. The van der Waals surface area contributed by atoms with Gasteiger partial charge >= 0.3 is 0 Å². The number of ether oxygens (including phenoxy) is 1. The lowest BCUT2D eigenvalue weighted by Gasteiger charge is -2.22. The fraction of sp³-hybridized carbons (Fsp3) is 0.417. The molecule has 1 aromatic carbocycles. The van der Waals surface area contributed by atoms with Crippen LogP contribution in [0.25, 0.3) is 0 Å². The second kappa shape index (κ2) is 5.18. The molecule has 2 rings (SSSR count). The van der Waals surface area contributed by atoms with Crippen LogP contribution in [0.5, 0.6) is 0 Å². The molecule has 1 aromatic rings. The number of nitrogens with one attached hydrogen (secondary N) is 1. The van der Waals surface area contributed by atoms with E-state index in [9.17, 15) is 9.18 Å². The standard InChI is InChI=1S/C12H14FNO2/c13-10-3-1-9(2-4-10)7-12(15)11-8-16-6-5-14-11/h1-4,11,14H,5-8H2. The van der Waals surface area contributed by atoms with Gasteiger partial charge in [0.1, 0.15) is 5.82 Å². The maximum atomic E-state index is 12.7. The average Bonchev–Trinajstić information content (AvgIpc) is 2.33. The van der Waals surface area contributed by atoms with E-state index < -0.39 is 0 Å². The monoisotopic (exact) mass is 223 g/mol. The van der Waals surface area contributed by atoms with Crippen molar-refractivity contribution in [1.29, 1.82) is 0 Å². The topological polar surface area (TPSA) is 38.3 Å². The third-order valence-corrected chi connectivity index (χ3v) is 2.60. The lowest BCUT2D eigenvalue weighted by atomic mass is 10.0. The molecule has 0 aromatic heterocycles. The van der Waals surface area contributed by atoms with Crippen LogP contribution < -0.4 is 5.32 Å². The SMILES string of the molecule is O=C(Cc1ccc(F)cc1)C1COCCN1. The van der Waals surface area contributed by atoms with Crippen LogP contribution >= 0.6 is 0 Å². The van der Waals surface area contributed by atoms with Gasteiger partial charge in [0, 0.05) is 13.0 Å². The molecule has 1 atom stereocenters. The number of carbonyl (C=O) groups is 1. The third kappa shape index (κ3) is 2.87. The molecule has 16 heavy (non-hydrogen) atoms. The summed E-state index contributed by atoms with van der Waals surface area (Å²) in [6.07, 6.45) is 0.321. The first kappa shape index (κ1) is 11.2. The number of rotatable bonds is 3. The molecule has 1 fully saturated rings. The molecule has 1 unspecified atom stereocenters. The van der Waals surface area contributed by atoms with E-state index >= 15 is 0 Å². The van der Waals surface area contributed by atoms with Crippen molar-refractivity contribution >= 4 is 5.78 Å². The first-order chi connectivity index (χ1) is 7.75. The molecular formula is C12H14FNO2. The highest BCUT2D eigenvalue weighted by Gasteiger charge is 2.20. The lowest BCUT2D eigenvalue weighted by molar-refractivity contribution is -0.123. The lowest BCUT2D eigenvalue weighted by Crippen LogP contribution is -2.47. The predicted molar refractivity (Wildman–Crippen MR) is 57.7 cm³/mol. The van der Waals surface area contributed by atoms with Gasteiger partial charge in [-0.2, -0.15) is 0 Å². The molecule has 4 heteroatoms. The summed E-state index contributed by atoms with van der Waals surface area (Å²) < 4.78 is 17.9. The average molecular weight is 223 g/mol. The fourth-order valence-corrected chi connectivity index (χ4v) is 1.70. The van der Waals surface area contributed by atoms with E-state index in [1.807, 2.05) is 0 Å². The first-order valence-electron chi connectivity index (χ1n) is 5.34. The van der Waals surface area contributed by atoms with Gasteiger partial charge in [0.15, 0.2) is 5.78 Å². The van der Waals surface area contributed by atoms with Crippen molar-refractivity contribution in [1.82, 2.24) is 5.32 Å². The molecule has 1 heterocycles. The molecule has 1 saturated heterocycles. The summed E-state index contributed by atoms with van der Waals surface area (Å²) >= 11 is 0. The van der Waals surface area contributed by atoms with E-state index in [-0.39, 0.29) is 17.6 Å². The number of benzene rings is 1. The summed E-state index contributed by atoms with van der Waals surface area (Å²) in [6.45, 7) is 1.79. The minimum absolute atomic E-state index is 0.0892. The van der Waals surface area contributed by atoms with E-state index in [0.717, 1.165) is 5.56 Å². The van der Waals surface area contributed by atoms with Gasteiger partial charge in [0.05, 0.1) is 19.3 Å². The Hall–Kier alpha value is -1.26. The molecule has 0 aliphatic carbocycles. The number of carbonyl (C=O) groups excluding carboxylic acids is 1. The zero-order chi connectivity index (χ0) is 11.4. The van der Waals surface area contributed by atoms with Crippen LogP contribution in [0.3, 0.4) is 0 Å². The van der Waals surface area contributed by atoms with E-state index in [0.29, 0.717) is 26.2 Å². The molecule has 1 N–H and O–H groups in total. The second-order valence-electron chi connectivity index (χ2n) is 3.85. The van der Waals surface area contributed by atoms with Gasteiger partial charge in [-0.05, 0) is 17.7 Å². The Morgan fingerprint density at radius 3 is 2.81 bits per heavy atom. The van der Waals surface area contributed by atoms with Crippen molar-refractivity contribution in [3.05, 3.63) is 35.6 Å². The van der Waals surface area contributed by atoms with Crippen molar-refractivity contribution in [3.63, 3.8) is 0 Å². The van der Waals surface area contributed by atoms with Crippen molar-refractivity contribution in [3.8, 4) is 0 Å². The van der Waals surface area contributed by atoms with Gasteiger partial charge in [-0.15, -0.1) is 0 Å². The van der Waals surface area contributed by atoms with Gasteiger partial charge in [-0.3, -0.25) is 4.79 Å². The minimum Gasteiger partial charge on any atom is -0.378 e. The summed E-state index contributed by atoms with van der Waals surface area (Å²) in [6, 6.07) is 5.79. The van der Waals surface area contributed by atoms with Crippen molar-refractivity contribution in [2.75, 3.05) is 19.8 Å². The molecule has 0 radical (unpaired) electrons. The number of Topliss-reactive ketones (excluding diaryl/α,β-unsaturated/α-hetero) is 1. The fourth-order valence-electron chi connectivity index (χ4n) is 1.70. The van der Waals surface area contributed by atoms with Crippen LogP contribution in [-0.2, 0) is 16.0 Å². The molecular weight excluding hydrogens is 209 g/mol. The van der Waals surface area contributed by atoms with Crippen LogP contribution in [0.4, 0.5) is 4.39 Å². The highest BCUT2D eigenvalue weighted by molar-refractivity contribution is 5.86. The highest BCUT2D eigenvalue weighted by Crippen LogP contribution is 2.06. The van der Waals surface area contributed by atoms with Crippen LogP contribution in [-0.4, -0.2) is 31.6 Å². The minimum atomic E-state index is -0.282. The van der Waals surface area contributed by atoms with Gasteiger partial charge in [-0.1, -0.05) is 12.1 Å². The zero-order valence-electron chi connectivity index (χ0n) is 8.91. The quantitative estimate of drug-likeness (QED) is 0.828. The Bertz CT molecular complexity index is 358. The number of halogens is 1. The summed E-state index contributed by atoms with van der Waals surface area (Å²) in [5.74, 6) is -0.193. The molecule has 3 nitrogen and oxygen atoms in total. The maximum Gasteiger partial charge on any atom is 0.156 e. The van der Waals surface area contributed by atoms with Gasteiger partial charge < -0.3 is 10.1 Å². The Kier molecular flexibility index (Phi) is 3.64. The molecule has 1 aliphatic heterocycles. The summed E-state index contributed by atoms with van der Waals surface area (Å²) in [5, 5.41) is 3.10. The number of hydrogen-bond donors (Lipinski definition) is 1. The van der Waals surface area contributed by atoms with Crippen molar-refractivity contribution < 1.29 is 13.9 Å². The highest BCUT2D eigenvalue weighted by atomic mass is 19.1. The Morgan fingerprint density at radius 1 is 1.44 bits per heavy atom. The maximum absolute atomic E-state index is 12.7. The second-order valence-corrected chi connectivity index (χ2v) is 3.85. The smallest absolute Gasteiger partial charge is 0.156 e. The van der Waals surface area contributed by atoms with E-state index in [2.05, 4.69) is 5.32 Å². The van der Waals surface area contributed by atoms with Gasteiger partial charge in [-0.25, -0.2) is 4.39 Å². The largest absolute Gasteiger partial charge is 0.378 e. The third-order valence-electron chi connectivity index (χ3n) is 2.60. The summed E-state index contributed by atoms with van der Waals surface area (Å²) in [5.41, 5.74) is 0.832. The van der Waals surface area contributed by atoms with Crippen LogP contribution in [0.2, 0.25) is 0 Å². The number of hydrogen-bond acceptors (Lipinski definition) is 3. The van der Waals surface area contributed by atoms with Crippen LogP contribution in [0, 0.1) is 5.82 Å². The molecule has 0 saturated carbocycles. The molecule has 1 aliphatic rings. The zero-order valence-corrected chi connectivity index (χ0v) is 8.91. The van der Waals surface area contributed by atoms with Crippen molar-refractivity contribution in [2.24, 2.45) is 0 Å². The van der Waals surface area contributed by atoms with Crippen LogP contribution in [0.15, 0.2) is 24.3 Å². The van der Waals surface area contributed by atoms with E-state index in [4.69, 9.17) is 4.74 Å². The molecule has 86 valence electrons. The van der Waals surface area contributed by atoms with Gasteiger partial charge in [0.2, 0.25) is 0 Å². The first-order valence-corrected chi connectivity index (χ1v) is 5.34. The van der Waals surface area contributed by atoms with E-state index in [1.54, 1.807) is 12.1 Å². The van der Waals surface area contributed by atoms with Crippen molar-refractivity contribution in [2.45, 2.75) is 12.5 Å². The Morgan fingerprint density at radius 2 is 2.19 bits per heavy atom. The number of ketones is 1. The Balaban J connectivity index is 1.93. The normalized spacial score (nSPS) is 20.7. The van der Waals surface area contributed by atoms with Crippen LogP contribution in [0.1, 0.15) is 5.56 Å². The van der Waals surface area contributed by atoms with Gasteiger partial charge in [0.25, 0.3) is 0 Å². The molecule has 0 spiro atoms. The summed E-state index contributed by atoms with van der Waals surface area (Å²) in [7, 11) is 0.